The molecular weight excluding hydrogens is 281 g/mol. The van der Waals surface area contributed by atoms with E-state index in [0.717, 1.165) is 0 Å². The standard InChI is InChI=1S/C11H11Cl2NO4/c1-17-11-8(13)5-10(11)18-6-2-3-9(14(15)16)7(12)4-6/h2-4,8,10-11H,5H2,1H3. The highest BCUT2D eigenvalue weighted by molar-refractivity contribution is 6.32. The molecule has 0 aliphatic heterocycles. The van der Waals surface area contributed by atoms with Crippen LogP contribution in [0, 0.1) is 10.1 Å². The number of nitro groups is 1. The predicted molar refractivity (Wildman–Crippen MR) is 67.6 cm³/mol. The monoisotopic (exact) mass is 291 g/mol. The molecule has 7 heteroatoms. The molecule has 3 atom stereocenters. The van der Waals surface area contributed by atoms with Crippen molar-refractivity contribution in [1.29, 1.82) is 0 Å². The van der Waals surface area contributed by atoms with Crippen LogP contribution in [0.25, 0.3) is 0 Å². The Balaban J connectivity index is 2.07. The minimum absolute atomic E-state index is 0.0493. The van der Waals surface area contributed by atoms with Crippen LogP contribution in [0.1, 0.15) is 6.42 Å². The average molecular weight is 292 g/mol. The van der Waals surface area contributed by atoms with Crippen molar-refractivity contribution in [2.24, 2.45) is 0 Å². The first kappa shape index (κ1) is 13.4. The van der Waals surface area contributed by atoms with Crippen LogP contribution in [0.5, 0.6) is 5.75 Å². The summed E-state index contributed by atoms with van der Waals surface area (Å²) in [5, 5.41) is 10.6. The Hall–Kier alpha value is -1.04. The van der Waals surface area contributed by atoms with Crippen molar-refractivity contribution in [2.45, 2.75) is 24.0 Å². The maximum absolute atomic E-state index is 10.6. The summed E-state index contributed by atoms with van der Waals surface area (Å²) in [7, 11) is 1.57. The molecule has 1 fully saturated rings. The van der Waals surface area contributed by atoms with Crippen molar-refractivity contribution in [3.05, 3.63) is 33.3 Å². The summed E-state index contributed by atoms with van der Waals surface area (Å²) in [6, 6.07) is 4.25. The highest BCUT2D eigenvalue weighted by atomic mass is 35.5. The predicted octanol–water partition coefficient (Wildman–Crippen LogP) is 3.02. The summed E-state index contributed by atoms with van der Waals surface area (Å²) in [5.74, 6) is 0.473. The lowest BCUT2D eigenvalue weighted by atomic mass is 9.91. The van der Waals surface area contributed by atoms with E-state index in [9.17, 15) is 10.1 Å². The van der Waals surface area contributed by atoms with Gasteiger partial charge in [0.1, 0.15) is 23.0 Å². The van der Waals surface area contributed by atoms with Crippen molar-refractivity contribution in [1.82, 2.24) is 0 Å². The summed E-state index contributed by atoms with van der Waals surface area (Å²) in [6.07, 6.45) is 0.366. The third-order valence-electron chi connectivity index (χ3n) is 2.86. The molecule has 0 heterocycles. The third kappa shape index (κ3) is 2.53. The van der Waals surface area contributed by atoms with E-state index in [0.29, 0.717) is 12.2 Å². The second-order valence-corrected chi connectivity index (χ2v) is 4.95. The van der Waals surface area contributed by atoms with Crippen molar-refractivity contribution in [3.8, 4) is 5.75 Å². The number of halogens is 2. The Kier molecular flexibility index (Phi) is 3.94. The fourth-order valence-electron chi connectivity index (χ4n) is 1.83. The number of methoxy groups -OCH3 is 1. The number of benzene rings is 1. The van der Waals surface area contributed by atoms with Crippen LogP contribution in [-0.4, -0.2) is 29.6 Å². The molecule has 0 N–H and O–H groups in total. The molecule has 0 radical (unpaired) electrons. The summed E-state index contributed by atoms with van der Waals surface area (Å²) < 4.78 is 10.8. The van der Waals surface area contributed by atoms with Gasteiger partial charge in [-0.05, 0) is 6.07 Å². The molecule has 0 bridgehead atoms. The molecule has 98 valence electrons. The van der Waals surface area contributed by atoms with Gasteiger partial charge in [-0.1, -0.05) is 11.6 Å². The second-order valence-electron chi connectivity index (χ2n) is 3.98. The molecular formula is C11H11Cl2NO4. The van der Waals surface area contributed by atoms with Gasteiger partial charge in [-0.15, -0.1) is 11.6 Å². The first-order valence-electron chi connectivity index (χ1n) is 5.30. The average Bonchev–Trinajstić information content (AvgIpc) is 2.28. The van der Waals surface area contributed by atoms with E-state index in [4.69, 9.17) is 32.7 Å². The molecule has 18 heavy (non-hydrogen) atoms. The van der Waals surface area contributed by atoms with Gasteiger partial charge in [0.25, 0.3) is 5.69 Å². The summed E-state index contributed by atoms with van der Waals surface area (Å²) in [6.45, 7) is 0. The zero-order chi connectivity index (χ0) is 13.3. The van der Waals surface area contributed by atoms with E-state index in [1.807, 2.05) is 0 Å². The maximum atomic E-state index is 10.6. The molecule has 1 aromatic rings. The normalized spacial score (nSPS) is 26.5. The summed E-state index contributed by atoms with van der Waals surface area (Å²) in [5.41, 5.74) is -0.142. The lowest BCUT2D eigenvalue weighted by molar-refractivity contribution is -0.384. The van der Waals surface area contributed by atoms with E-state index >= 15 is 0 Å². The van der Waals surface area contributed by atoms with E-state index in [1.54, 1.807) is 7.11 Å². The molecule has 1 aliphatic rings. The maximum Gasteiger partial charge on any atom is 0.288 e. The van der Waals surface area contributed by atoms with Gasteiger partial charge in [0.15, 0.2) is 0 Å². The molecule has 1 saturated carbocycles. The number of alkyl halides is 1. The molecule has 5 nitrogen and oxygen atoms in total. The Morgan fingerprint density at radius 1 is 1.50 bits per heavy atom. The van der Waals surface area contributed by atoms with Gasteiger partial charge in [0.05, 0.1) is 10.3 Å². The van der Waals surface area contributed by atoms with Crippen LogP contribution in [-0.2, 0) is 4.74 Å². The Morgan fingerprint density at radius 3 is 2.72 bits per heavy atom. The summed E-state index contributed by atoms with van der Waals surface area (Å²) in [4.78, 5) is 10.1. The van der Waals surface area contributed by atoms with E-state index < -0.39 is 4.92 Å². The van der Waals surface area contributed by atoms with Gasteiger partial charge >= 0.3 is 0 Å². The van der Waals surface area contributed by atoms with Crippen LogP contribution in [0.3, 0.4) is 0 Å². The SMILES string of the molecule is COC1C(Cl)CC1Oc1ccc([N+](=O)[O-])c(Cl)c1. The van der Waals surface area contributed by atoms with Crippen molar-refractivity contribution in [2.75, 3.05) is 7.11 Å². The number of hydrogen-bond acceptors (Lipinski definition) is 4. The minimum atomic E-state index is -0.539. The number of nitro benzene ring substituents is 1. The zero-order valence-electron chi connectivity index (χ0n) is 9.51. The fourth-order valence-corrected chi connectivity index (χ4v) is 2.51. The highest BCUT2D eigenvalue weighted by Crippen LogP contribution is 2.34. The molecule has 0 aromatic heterocycles. The van der Waals surface area contributed by atoms with Crippen LogP contribution >= 0.6 is 23.2 Å². The largest absolute Gasteiger partial charge is 0.488 e. The lowest BCUT2D eigenvalue weighted by Crippen LogP contribution is -2.52. The molecule has 0 amide bonds. The summed E-state index contributed by atoms with van der Waals surface area (Å²) >= 11 is 11.7. The van der Waals surface area contributed by atoms with Crippen LogP contribution in [0.2, 0.25) is 5.02 Å². The molecule has 0 spiro atoms. The minimum Gasteiger partial charge on any atom is -0.488 e. The third-order valence-corrected chi connectivity index (χ3v) is 3.59. The van der Waals surface area contributed by atoms with Crippen molar-refractivity contribution >= 4 is 28.9 Å². The number of nitrogens with zero attached hydrogens (tertiary/aromatic N) is 1. The van der Waals surface area contributed by atoms with Gasteiger partial charge < -0.3 is 9.47 Å². The second kappa shape index (κ2) is 5.30. The topological polar surface area (TPSA) is 61.6 Å². The number of ether oxygens (including phenoxy) is 2. The number of rotatable bonds is 4. The van der Waals surface area contributed by atoms with Gasteiger partial charge in [-0.25, -0.2) is 0 Å². The van der Waals surface area contributed by atoms with Crippen LogP contribution < -0.4 is 4.74 Å². The molecule has 0 saturated heterocycles. The van der Waals surface area contributed by atoms with E-state index in [-0.39, 0.29) is 28.3 Å². The van der Waals surface area contributed by atoms with Gasteiger partial charge in [-0.2, -0.15) is 0 Å². The first-order valence-corrected chi connectivity index (χ1v) is 6.12. The van der Waals surface area contributed by atoms with Crippen molar-refractivity contribution < 1.29 is 14.4 Å². The lowest BCUT2D eigenvalue weighted by Gasteiger charge is -2.39. The smallest absolute Gasteiger partial charge is 0.288 e. The molecule has 3 unspecified atom stereocenters. The van der Waals surface area contributed by atoms with Gasteiger partial charge in [0, 0.05) is 25.7 Å². The molecule has 1 aromatic carbocycles. The van der Waals surface area contributed by atoms with Crippen LogP contribution in [0.4, 0.5) is 5.69 Å². The zero-order valence-corrected chi connectivity index (χ0v) is 11.0. The Morgan fingerprint density at radius 2 is 2.22 bits per heavy atom. The van der Waals surface area contributed by atoms with Gasteiger partial charge in [0.2, 0.25) is 0 Å². The Labute approximate surface area is 114 Å². The fraction of sp³-hybridized carbons (Fsp3) is 0.455. The quantitative estimate of drug-likeness (QED) is 0.486. The van der Waals surface area contributed by atoms with E-state index in [1.165, 1.54) is 18.2 Å². The first-order chi connectivity index (χ1) is 8.52. The molecule has 2 rings (SSSR count). The highest BCUT2D eigenvalue weighted by Gasteiger charge is 2.42. The Bertz CT molecular complexity index is 468. The van der Waals surface area contributed by atoms with Crippen LogP contribution in [0.15, 0.2) is 18.2 Å². The molecule has 1 aliphatic carbocycles. The number of hydrogen-bond donors (Lipinski definition) is 0. The van der Waals surface area contributed by atoms with E-state index in [2.05, 4.69) is 0 Å². The van der Waals surface area contributed by atoms with Crippen molar-refractivity contribution in [3.63, 3.8) is 0 Å². The van der Waals surface area contributed by atoms with Gasteiger partial charge in [-0.3, -0.25) is 10.1 Å².